The topological polar surface area (TPSA) is 53.4 Å². The minimum absolute atomic E-state index is 0.0459. The molecule has 0 spiro atoms. The lowest BCUT2D eigenvalue weighted by molar-refractivity contribution is -0.173. The first-order valence-electron chi connectivity index (χ1n) is 11.5. The van der Waals surface area contributed by atoms with Crippen molar-refractivity contribution in [3.63, 3.8) is 0 Å². The summed E-state index contributed by atoms with van der Waals surface area (Å²) in [5.74, 6) is -0.771. The number of aromatic nitrogens is 2. The van der Waals surface area contributed by atoms with Gasteiger partial charge in [0.05, 0.1) is 12.2 Å². The molecular formula is C25H25F4N5O. The number of fused-ring (bicyclic) bond motifs is 1. The second-order valence-electron chi connectivity index (χ2n) is 8.95. The van der Waals surface area contributed by atoms with Gasteiger partial charge in [0.25, 0.3) is 5.91 Å². The maximum absolute atomic E-state index is 13.9. The van der Waals surface area contributed by atoms with Gasteiger partial charge < -0.3 is 10.2 Å². The van der Waals surface area contributed by atoms with Gasteiger partial charge in [0.15, 0.2) is 6.04 Å². The lowest BCUT2D eigenvalue weighted by atomic mass is 9.96. The molecule has 1 fully saturated rings. The van der Waals surface area contributed by atoms with Crippen LogP contribution in [-0.2, 0) is 6.54 Å². The van der Waals surface area contributed by atoms with Crippen LogP contribution >= 0.6 is 0 Å². The van der Waals surface area contributed by atoms with Gasteiger partial charge in [0.2, 0.25) is 0 Å². The summed E-state index contributed by atoms with van der Waals surface area (Å²) in [6, 6.07) is 12.8. The van der Waals surface area contributed by atoms with Crippen LogP contribution in [-0.4, -0.2) is 57.8 Å². The molecule has 1 saturated heterocycles. The van der Waals surface area contributed by atoms with E-state index in [-0.39, 0.29) is 23.7 Å². The summed E-state index contributed by atoms with van der Waals surface area (Å²) in [6.07, 6.45) is -3.65. The number of alkyl halides is 3. The van der Waals surface area contributed by atoms with Crippen molar-refractivity contribution in [1.82, 2.24) is 19.6 Å². The van der Waals surface area contributed by atoms with E-state index in [9.17, 15) is 22.4 Å². The van der Waals surface area contributed by atoms with Gasteiger partial charge in [-0.15, -0.1) is 0 Å². The zero-order valence-electron chi connectivity index (χ0n) is 18.9. The molecule has 6 nitrogen and oxygen atoms in total. The minimum Gasteiger partial charge on any atom is -0.363 e. The number of benzene rings is 2. The van der Waals surface area contributed by atoms with Crippen molar-refractivity contribution >= 4 is 11.7 Å². The number of nitrogens with one attached hydrogen (secondary N) is 1. The Kier molecular flexibility index (Phi) is 6.22. The Balaban J connectivity index is 1.34. The van der Waals surface area contributed by atoms with Crippen LogP contribution in [0.25, 0.3) is 0 Å². The van der Waals surface area contributed by atoms with Gasteiger partial charge >= 0.3 is 6.18 Å². The van der Waals surface area contributed by atoms with E-state index in [4.69, 9.17) is 0 Å². The maximum Gasteiger partial charge on any atom is 0.410 e. The van der Waals surface area contributed by atoms with E-state index >= 15 is 0 Å². The number of carbonyl (C=O) groups excluding carboxylic acids is 1. The first kappa shape index (κ1) is 23.3. The molecular weight excluding hydrogens is 462 g/mol. The highest BCUT2D eigenvalue weighted by Gasteiger charge is 2.47. The van der Waals surface area contributed by atoms with Crippen LogP contribution in [0.2, 0.25) is 0 Å². The average Bonchev–Trinajstić information content (AvgIpc) is 3.28. The highest BCUT2D eigenvalue weighted by molar-refractivity contribution is 5.99. The Hall–Kier alpha value is -3.40. The third-order valence-electron chi connectivity index (χ3n) is 6.65. The molecule has 3 heterocycles. The molecule has 0 aliphatic carbocycles. The van der Waals surface area contributed by atoms with E-state index in [0.29, 0.717) is 31.7 Å². The molecule has 35 heavy (non-hydrogen) atoms. The monoisotopic (exact) mass is 487 g/mol. The molecule has 184 valence electrons. The molecule has 1 N–H and O–H groups in total. The highest BCUT2D eigenvalue weighted by atomic mass is 19.4. The molecule has 1 aromatic heterocycles. The van der Waals surface area contributed by atoms with Crippen molar-refractivity contribution in [2.24, 2.45) is 0 Å². The van der Waals surface area contributed by atoms with E-state index in [1.807, 2.05) is 18.2 Å². The van der Waals surface area contributed by atoms with E-state index in [2.05, 4.69) is 27.4 Å². The molecule has 0 unspecified atom stereocenters. The molecule has 5 rings (SSSR count). The molecule has 3 aromatic rings. The standard InChI is InChI=1S/C25H25F4N5O/c26-19-8-6-18(7-9-19)21-14-22(25(27,28)29)34-23(31-21)20(15-30-34)24(35)33-12-10-32(11-13-33)16-17-4-2-1-3-5-17/h1-9,15,21-22,31H,10-14,16H2/t21-,22-/m0/s1. The number of nitrogens with zero attached hydrogens (tertiary/aromatic N) is 4. The summed E-state index contributed by atoms with van der Waals surface area (Å²) in [5.41, 5.74) is 1.82. The molecule has 2 aromatic carbocycles. The van der Waals surface area contributed by atoms with Crippen molar-refractivity contribution in [2.75, 3.05) is 31.5 Å². The molecule has 2 aliphatic heterocycles. The summed E-state index contributed by atoms with van der Waals surface area (Å²) in [7, 11) is 0. The number of amides is 1. The SMILES string of the molecule is O=C(c1cnn2c1N[C@H](c1ccc(F)cc1)C[C@H]2C(F)(F)F)N1CCN(Cc2ccccc2)CC1. The summed E-state index contributed by atoms with van der Waals surface area (Å²) < 4.78 is 56.0. The molecule has 2 atom stereocenters. The van der Waals surface area contributed by atoms with Gasteiger partial charge in [-0.2, -0.15) is 18.3 Å². The third-order valence-corrected chi connectivity index (χ3v) is 6.65. The predicted octanol–water partition coefficient (Wildman–Crippen LogP) is 4.64. The third kappa shape index (κ3) is 4.88. The van der Waals surface area contributed by atoms with E-state index in [1.165, 1.54) is 36.0 Å². The highest BCUT2D eigenvalue weighted by Crippen LogP contribution is 2.44. The number of hydrogen-bond donors (Lipinski definition) is 1. The number of rotatable bonds is 4. The Morgan fingerprint density at radius 3 is 2.34 bits per heavy atom. The smallest absolute Gasteiger partial charge is 0.363 e. The lowest BCUT2D eigenvalue weighted by Crippen LogP contribution is -2.48. The van der Waals surface area contributed by atoms with Gasteiger partial charge in [-0.3, -0.25) is 9.69 Å². The maximum atomic E-state index is 13.9. The van der Waals surface area contributed by atoms with Crippen LogP contribution in [0, 0.1) is 5.82 Å². The fourth-order valence-corrected chi connectivity index (χ4v) is 4.75. The van der Waals surface area contributed by atoms with Crippen LogP contribution < -0.4 is 5.32 Å². The van der Waals surface area contributed by atoms with Crippen LogP contribution in [0.1, 0.15) is 40.0 Å². The molecule has 2 aliphatic rings. The molecule has 0 radical (unpaired) electrons. The molecule has 1 amide bonds. The number of hydrogen-bond acceptors (Lipinski definition) is 4. The van der Waals surface area contributed by atoms with Crippen LogP contribution in [0.4, 0.5) is 23.4 Å². The van der Waals surface area contributed by atoms with Gasteiger partial charge in [-0.1, -0.05) is 42.5 Å². The van der Waals surface area contributed by atoms with Crippen LogP contribution in [0.3, 0.4) is 0 Å². The Labute approximate surface area is 200 Å². The lowest BCUT2D eigenvalue weighted by Gasteiger charge is -2.36. The van der Waals surface area contributed by atoms with E-state index in [1.54, 1.807) is 4.90 Å². The second kappa shape index (κ2) is 9.33. The number of carbonyl (C=O) groups is 1. The summed E-state index contributed by atoms with van der Waals surface area (Å²) in [5, 5.41) is 7.01. The summed E-state index contributed by atoms with van der Waals surface area (Å²) in [4.78, 5) is 17.2. The minimum atomic E-state index is -4.55. The molecule has 10 heteroatoms. The van der Waals surface area contributed by atoms with Crippen molar-refractivity contribution in [2.45, 2.75) is 31.2 Å². The Morgan fingerprint density at radius 2 is 1.69 bits per heavy atom. The van der Waals surface area contributed by atoms with Crippen molar-refractivity contribution in [3.05, 3.63) is 83.3 Å². The number of halogens is 4. The first-order valence-corrected chi connectivity index (χ1v) is 11.5. The summed E-state index contributed by atoms with van der Waals surface area (Å²) in [6.45, 7) is 3.06. The summed E-state index contributed by atoms with van der Waals surface area (Å²) >= 11 is 0. The number of piperazine rings is 1. The van der Waals surface area contributed by atoms with Gasteiger partial charge in [0.1, 0.15) is 17.2 Å². The zero-order valence-corrected chi connectivity index (χ0v) is 18.9. The van der Waals surface area contributed by atoms with E-state index in [0.717, 1.165) is 11.2 Å². The number of anilines is 1. The largest absolute Gasteiger partial charge is 0.410 e. The molecule has 0 bridgehead atoms. The second-order valence-corrected chi connectivity index (χ2v) is 8.95. The predicted molar refractivity (Wildman–Crippen MR) is 122 cm³/mol. The average molecular weight is 488 g/mol. The normalized spacial score (nSPS) is 20.9. The fourth-order valence-electron chi connectivity index (χ4n) is 4.75. The fraction of sp³-hybridized carbons (Fsp3) is 0.360. The van der Waals surface area contributed by atoms with Crippen LogP contribution in [0.5, 0.6) is 0 Å². The molecule has 0 saturated carbocycles. The quantitative estimate of drug-likeness (QED) is 0.545. The van der Waals surface area contributed by atoms with Gasteiger partial charge in [0, 0.05) is 39.1 Å². The first-order chi connectivity index (χ1) is 16.8. The zero-order chi connectivity index (χ0) is 24.6. The Bertz CT molecular complexity index is 1170. The van der Waals surface area contributed by atoms with E-state index < -0.39 is 24.1 Å². The van der Waals surface area contributed by atoms with Crippen molar-refractivity contribution < 1.29 is 22.4 Å². The van der Waals surface area contributed by atoms with Crippen molar-refractivity contribution in [1.29, 1.82) is 0 Å². The Morgan fingerprint density at radius 1 is 1.00 bits per heavy atom. The van der Waals surface area contributed by atoms with Crippen molar-refractivity contribution in [3.8, 4) is 0 Å². The van der Waals surface area contributed by atoms with Crippen LogP contribution in [0.15, 0.2) is 60.8 Å². The van der Waals surface area contributed by atoms with Gasteiger partial charge in [-0.25, -0.2) is 9.07 Å². The van der Waals surface area contributed by atoms with Gasteiger partial charge in [-0.05, 0) is 23.3 Å².